The van der Waals surface area contributed by atoms with E-state index in [9.17, 15) is 0 Å². The van der Waals surface area contributed by atoms with Crippen LogP contribution in [0.15, 0.2) is 46.9 Å². The molecule has 0 aromatic heterocycles. The normalized spacial score (nSPS) is 12.2. The second-order valence-corrected chi connectivity index (χ2v) is 6.18. The van der Waals surface area contributed by atoms with Gasteiger partial charge in [0, 0.05) is 6.04 Å². The standard InChI is InChI=1S/C18H22BrNO/c1-3-4-5-14-6-9-16(10-7-14)21-18-11-8-15(13(2)20)12-17(18)19/h6-13H,3-5,20H2,1-2H3. The zero-order chi connectivity index (χ0) is 15.2. The van der Waals surface area contributed by atoms with E-state index in [1.165, 1.54) is 18.4 Å². The number of nitrogens with two attached hydrogens (primary N) is 1. The molecule has 1 unspecified atom stereocenters. The summed E-state index contributed by atoms with van der Waals surface area (Å²) in [7, 11) is 0. The summed E-state index contributed by atoms with van der Waals surface area (Å²) in [4.78, 5) is 0. The molecule has 2 aromatic rings. The molecule has 21 heavy (non-hydrogen) atoms. The molecule has 0 radical (unpaired) electrons. The van der Waals surface area contributed by atoms with Gasteiger partial charge in [-0.15, -0.1) is 0 Å². The van der Waals surface area contributed by atoms with Crippen LogP contribution >= 0.6 is 15.9 Å². The Labute approximate surface area is 135 Å². The van der Waals surface area contributed by atoms with Crippen molar-refractivity contribution < 1.29 is 4.74 Å². The van der Waals surface area contributed by atoms with Crippen molar-refractivity contribution in [2.45, 2.75) is 39.2 Å². The minimum atomic E-state index is 0.0215. The summed E-state index contributed by atoms with van der Waals surface area (Å²) in [5.74, 6) is 1.66. The molecule has 2 aromatic carbocycles. The third-order valence-electron chi connectivity index (χ3n) is 3.45. The molecule has 112 valence electrons. The molecule has 3 heteroatoms. The maximum atomic E-state index is 5.92. The molecule has 1 atom stereocenters. The van der Waals surface area contributed by atoms with Gasteiger partial charge in [0.1, 0.15) is 11.5 Å². The van der Waals surface area contributed by atoms with Crippen LogP contribution in [0, 0.1) is 0 Å². The fraction of sp³-hybridized carbons (Fsp3) is 0.333. The van der Waals surface area contributed by atoms with Crippen molar-refractivity contribution in [1.29, 1.82) is 0 Å². The van der Waals surface area contributed by atoms with Gasteiger partial charge in [0.05, 0.1) is 4.47 Å². The highest BCUT2D eigenvalue weighted by Crippen LogP contribution is 2.31. The van der Waals surface area contributed by atoms with E-state index in [1.807, 2.05) is 37.3 Å². The number of benzene rings is 2. The number of ether oxygens (including phenoxy) is 1. The molecule has 0 aliphatic heterocycles. The van der Waals surface area contributed by atoms with E-state index in [0.717, 1.165) is 28.0 Å². The van der Waals surface area contributed by atoms with E-state index in [-0.39, 0.29) is 6.04 Å². The van der Waals surface area contributed by atoms with Crippen molar-refractivity contribution in [2.24, 2.45) is 5.73 Å². The van der Waals surface area contributed by atoms with Gasteiger partial charge in [0.25, 0.3) is 0 Å². The molecule has 0 saturated carbocycles. The Hall–Kier alpha value is -1.32. The average Bonchev–Trinajstić information content (AvgIpc) is 2.48. The molecule has 0 saturated heterocycles. The quantitative estimate of drug-likeness (QED) is 0.737. The summed E-state index contributed by atoms with van der Waals surface area (Å²) >= 11 is 3.54. The van der Waals surface area contributed by atoms with Crippen LogP contribution < -0.4 is 10.5 Å². The number of hydrogen-bond donors (Lipinski definition) is 1. The third-order valence-corrected chi connectivity index (χ3v) is 4.07. The summed E-state index contributed by atoms with van der Waals surface area (Å²) in [6, 6.07) is 14.3. The summed E-state index contributed by atoms with van der Waals surface area (Å²) in [5.41, 5.74) is 8.32. The van der Waals surface area contributed by atoms with Gasteiger partial charge in [0.15, 0.2) is 0 Å². The van der Waals surface area contributed by atoms with E-state index in [0.29, 0.717) is 0 Å². The van der Waals surface area contributed by atoms with Crippen LogP contribution in [0.3, 0.4) is 0 Å². The van der Waals surface area contributed by atoms with Crippen molar-refractivity contribution in [3.63, 3.8) is 0 Å². The first-order chi connectivity index (χ1) is 10.1. The lowest BCUT2D eigenvalue weighted by Gasteiger charge is -2.11. The molecule has 0 spiro atoms. The molecule has 0 bridgehead atoms. The van der Waals surface area contributed by atoms with Gasteiger partial charge in [-0.2, -0.15) is 0 Å². The van der Waals surface area contributed by atoms with Crippen LogP contribution in [0.4, 0.5) is 0 Å². The highest BCUT2D eigenvalue weighted by molar-refractivity contribution is 9.10. The summed E-state index contributed by atoms with van der Waals surface area (Å²) in [6.45, 7) is 4.18. The second kappa shape index (κ2) is 7.62. The Balaban J connectivity index is 2.07. The zero-order valence-electron chi connectivity index (χ0n) is 12.6. The Bertz CT molecular complexity index is 578. The van der Waals surface area contributed by atoms with Gasteiger partial charge in [-0.05, 0) is 71.1 Å². The largest absolute Gasteiger partial charge is 0.456 e. The highest BCUT2D eigenvalue weighted by atomic mass is 79.9. The minimum absolute atomic E-state index is 0.0215. The molecule has 0 aliphatic carbocycles. The van der Waals surface area contributed by atoms with Crippen LogP contribution in [-0.2, 0) is 6.42 Å². The minimum Gasteiger partial charge on any atom is -0.456 e. The monoisotopic (exact) mass is 347 g/mol. The first kappa shape index (κ1) is 16.1. The molecular formula is C18H22BrNO. The molecule has 2 nitrogen and oxygen atoms in total. The van der Waals surface area contributed by atoms with Crippen molar-refractivity contribution in [3.05, 3.63) is 58.1 Å². The maximum absolute atomic E-state index is 5.92. The molecule has 0 fully saturated rings. The molecule has 2 rings (SSSR count). The Kier molecular flexibility index (Phi) is 5.83. The van der Waals surface area contributed by atoms with Crippen molar-refractivity contribution in [2.75, 3.05) is 0 Å². The van der Waals surface area contributed by atoms with E-state index in [1.54, 1.807) is 0 Å². The van der Waals surface area contributed by atoms with E-state index >= 15 is 0 Å². The van der Waals surface area contributed by atoms with Crippen molar-refractivity contribution in [3.8, 4) is 11.5 Å². The van der Waals surface area contributed by atoms with Crippen LogP contribution in [-0.4, -0.2) is 0 Å². The summed E-state index contributed by atoms with van der Waals surface area (Å²) in [6.07, 6.45) is 3.57. The Morgan fingerprint density at radius 2 is 1.86 bits per heavy atom. The topological polar surface area (TPSA) is 35.2 Å². The van der Waals surface area contributed by atoms with E-state index < -0.39 is 0 Å². The number of aryl methyl sites for hydroxylation is 1. The molecule has 0 heterocycles. The average molecular weight is 348 g/mol. The summed E-state index contributed by atoms with van der Waals surface area (Å²) < 4.78 is 6.84. The van der Waals surface area contributed by atoms with E-state index in [2.05, 4.69) is 35.0 Å². The first-order valence-electron chi connectivity index (χ1n) is 7.42. The van der Waals surface area contributed by atoms with Gasteiger partial charge in [-0.3, -0.25) is 0 Å². The molecule has 0 amide bonds. The predicted molar refractivity (Wildman–Crippen MR) is 91.9 cm³/mol. The molecular weight excluding hydrogens is 326 g/mol. The SMILES string of the molecule is CCCCc1ccc(Oc2ccc(C(C)N)cc2Br)cc1. The number of unbranched alkanes of at least 4 members (excludes halogenated alkanes) is 1. The molecule has 0 aliphatic rings. The summed E-state index contributed by atoms with van der Waals surface area (Å²) in [5, 5.41) is 0. The van der Waals surface area contributed by atoms with Gasteiger partial charge in [0.2, 0.25) is 0 Å². The third kappa shape index (κ3) is 4.58. The smallest absolute Gasteiger partial charge is 0.141 e. The number of hydrogen-bond acceptors (Lipinski definition) is 2. The molecule has 2 N–H and O–H groups in total. The zero-order valence-corrected chi connectivity index (χ0v) is 14.2. The number of halogens is 1. The van der Waals surface area contributed by atoms with Crippen molar-refractivity contribution >= 4 is 15.9 Å². The van der Waals surface area contributed by atoms with Crippen LogP contribution in [0.1, 0.15) is 43.9 Å². The lowest BCUT2D eigenvalue weighted by Crippen LogP contribution is -2.04. The van der Waals surface area contributed by atoms with Crippen molar-refractivity contribution in [1.82, 2.24) is 0 Å². The lowest BCUT2D eigenvalue weighted by atomic mass is 10.1. The van der Waals surface area contributed by atoms with Gasteiger partial charge >= 0.3 is 0 Å². The predicted octanol–water partition coefficient (Wildman–Crippen LogP) is 5.60. The van der Waals surface area contributed by atoms with Crippen LogP contribution in [0.2, 0.25) is 0 Å². The van der Waals surface area contributed by atoms with E-state index in [4.69, 9.17) is 10.5 Å². The van der Waals surface area contributed by atoms with Gasteiger partial charge in [-0.1, -0.05) is 31.5 Å². The van der Waals surface area contributed by atoms with Gasteiger partial charge < -0.3 is 10.5 Å². The van der Waals surface area contributed by atoms with Crippen LogP contribution in [0.5, 0.6) is 11.5 Å². The fourth-order valence-corrected chi connectivity index (χ4v) is 2.59. The first-order valence-corrected chi connectivity index (χ1v) is 8.21. The second-order valence-electron chi connectivity index (χ2n) is 5.33. The maximum Gasteiger partial charge on any atom is 0.141 e. The highest BCUT2D eigenvalue weighted by Gasteiger charge is 2.06. The Morgan fingerprint density at radius 3 is 2.43 bits per heavy atom. The fourth-order valence-electron chi connectivity index (χ4n) is 2.12. The number of rotatable bonds is 6. The Morgan fingerprint density at radius 1 is 1.14 bits per heavy atom. The van der Waals surface area contributed by atoms with Crippen LogP contribution in [0.25, 0.3) is 0 Å². The lowest BCUT2D eigenvalue weighted by molar-refractivity contribution is 0.479. The van der Waals surface area contributed by atoms with Gasteiger partial charge in [-0.25, -0.2) is 0 Å².